The number of carbonyl (C=O) groups is 1. The zero-order valence-corrected chi connectivity index (χ0v) is 13.9. The number of aromatic nitrogens is 1. The SMILES string of the molecule is Cc1cc(N2C[C@@H]3CCC[C@@]3(C(=O)O)C2)c2cccc([N+](=O)[O-])c2n1. The van der Waals surface area contributed by atoms with E-state index in [0.717, 1.165) is 18.5 Å². The molecule has 1 saturated carbocycles. The smallest absolute Gasteiger partial charge is 0.311 e. The lowest BCUT2D eigenvalue weighted by atomic mass is 9.81. The second kappa shape index (κ2) is 5.40. The standard InChI is InChI=1S/C18H19N3O4/c1-11-8-15(13-5-2-6-14(21(24)25)16(13)19-11)20-9-12-4-3-7-18(12,10-20)17(22)23/h2,5-6,8,12H,3-4,7,9-10H2,1H3,(H,22,23)/t12-,18+/m0/s1. The van der Waals surface area contributed by atoms with Crippen LogP contribution in [0, 0.1) is 28.4 Å². The number of carboxylic acid groups (broad SMARTS) is 1. The van der Waals surface area contributed by atoms with E-state index < -0.39 is 16.3 Å². The summed E-state index contributed by atoms with van der Waals surface area (Å²) in [5, 5.41) is 21.8. The van der Waals surface area contributed by atoms with Crippen LogP contribution in [0.4, 0.5) is 11.4 Å². The van der Waals surface area contributed by atoms with Gasteiger partial charge in [-0.25, -0.2) is 4.98 Å². The highest BCUT2D eigenvalue weighted by molar-refractivity contribution is 5.97. The number of hydrogen-bond acceptors (Lipinski definition) is 5. The number of rotatable bonds is 3. The highest BCUT2D eigenvalue weighted by Gasteiger charge is 2.55. The zero-order chi connectivity index (χ0) is 17.8. The molecule has 1 aromatic heterocycles. The molecule has 7 heteroatoms. The number of anilines is 1. The number of nitrogens with zero attached hydrogens (tertiary/aromatic N) is 3. The van der Waals surface area contributed by atoms with E-state index in [1.54, 1.807) is 6.07 Å². The van der Waals surface area contributed by atoms with Crippen molar-refractivity contribution in [3.63, 3.8) is 0 Å². The van der Waals surface area contributed by atoms with Gasteiger partial charge in [0.05, 0.1) is 10.3 Å². The molecule has 0 bridgehead atoms. The zero-order valence-electron chi connectivity index (χ0n) is 13.9. The van der Waals surface area contributed by atoms with Gasteiger partial charge in [-0.15, -0.1) is 0 Å². The van der Waals surface area contributed by atoms with E-state index in [0.29, 0.717) is 36.1 Å². The third-order valence-electron chi connectivity index (χ3n) is 5.76. The first-order valence-corrected chi connectivity index (χ1v) is 8.45. The minimum Gasteiger partial charge on any atom is -0.481 e. The van der Waals surface area contributed by atoms with Gasteiger partial charge in [-0.1, -0.05) is 18.6 Å². The summed E-state index contributed by atoms with van der Waals surface area (Å²) in [6.07, 6.45) is 2.57. The fourth-order valence-corrected chi connectivity index (χ4v) is 4.57. The molecule has 1 aromatic carbocycles. The molecule has 0 radical (unpaired) electrons. The van der Waals surface area contributed by atoms with Gasteiger partial charge in [0.15, 0.2) is 5.52 Å². The number of carboxylic acids is 1. The molecular formula is C18H19N3O4. The molecule has 1 aliphatic carbocycles. The summed E-state index contributed by atoms with van der Waals surface area (Å²) in [5.74, 6) is -0.592. The van der Waals surface area contributed by atoms with Crippen molar-refractivity contribution >= 4 is 28.2 Å². The fourth-order valence-electron chi connectivity index (χ4n) is 4.57. The predicted octanol–water partition coefficient (Wildman–Crippen LogP) is 3.14. The average Bonchev–Trinajstić information content (AvgIpc) is 3.11. The van der Waals surface area contributed by atoms with Crippen molar-refractivity contribution < 1.29 is 14.8 Å². The van der Waals surface area contributed by atoms with Gasteiger partial charge in [-0.3, -0.25) is 14.9 Å². The molecule has 1 saturated heterocycles. The van der Waals surface area contributed by atoms with Crippen molar-refractivity contribution in [1.82, 2.24) is 4.98 Å². The summed E-state index contributed by atoms with van der Waals surface area (Å²) in [6, 6.07) is 6.84. The molecule has 2 fully saturated rings. The second-order valence-corrected chi connectivity index (χ2v) is 7.14. The van der Waals surface area contributed by atoms with E-state index in [4.69, 9.17) is 0 Å². The summed E-state index contributed by atoms with van der Waals surface area (Å²) in [5.41, 5.74) is 1.20. The summed E-state index contributed by atoms with van der Waals surface area (Å²) in [4.78, 5) is 29.3. The van der Waals surface area contributed by atoms with Crippen molar-refractivity contribution in [2.75, 3.05) is 18.0 Å². The molecule has 2 atom stereocenters. The number of pyridine rings is 1. The van der Waals surface area contributed by atoms with Gasteiger partial charge in [0, 0.05) is 35.9 Å². The number of nitro groups is 1. The maximum Gasteiger partial charge on any atom is 0.311 e. The van der Waals surface area contributed by atoms with E-state index in [1.165, 1.54) is 6.07 Å². The fraction of sp³-hybridized carbons (Fsp3) is 0.444. The number of para-hydroxylation sites is 1. The van der Waals surface area contributed by atoms with Gasteiger partial charge in [0.1, 0.15) is 0 Å². The normalized spacial score (nSPS) is 25.3. The molecule has 2 aromatic rings. The average molecular weight is 341 g/mol. The van der Waals surface area contributed by atoms with Crippen LogP contribution in [0.3, 0.4) is 0 Å². The lowest BCUT2D eigenvalue weighted by molar-refractivity contribution is -0.383. The van der Waals surface area contributed by atoms with E-state index >= 15 is 0 Å². The molecule has 0 spiro atoms. The van der Waals surface area contributed by atoms with Gasteiger partial charge in [-0.2, -0.15) is 0 Å². The van der Waals surface area contributed by atoms with E-state index in [2.05, 4.69) is 9.88 Å². The number of benzene rings is 1. The number of hydrogen-bond donors (Lipinski definition) is 1. The molecule has 2 heterocycles. The van der Waals surface area contributed by atoms with Crippen LogP contribution >= 0.6 is 0 Å². The molecule has 0 unspecified atom stereocenters. The lowest BCUT2D eigenvalue weighted by Crippen LogP contribution is -2.35. The van der Waals surface area contributed by atoms with Gasteiger partial charge in [-0.05, 0) is 31.7 Å². The van der Waals surface area contributed by atoms with Crippen molar-refractivity contribution in [2.45, 2.75) is 26.2 Å². The largest absolute Gasteiger partial charge is 0.481 e. The van der Waals surface area contributed by atoms with Crippen molar-refractivity contribution in [3.05, 3.63) is 40.1 Å². The van der Waals surface area contributed by atoms with Crippen LogP contribution < -0.4 is 4.90 Å². The summed E-state index contributed by atoms with van der Waals surface area (Å²) in [7, 11) is 0. The van der Waals surface area contributed by atoms with E-state index in [9.17, 15) is 20.0 Å². The lowest BCUT2D eigenvalue weighted by Gasteiger charge is -2.25. The quantitative estimate of drug-likeness (QED) is 0.680. The predicted molar refractivity (Wildman–Crippen MR) is 92.8 cm³/mol. The summed E-state index contributed by atoms with van der Waals surface area (Å²) in [6.45, 7) is 2.94. The first-order valence-electron chi connectivity index (χ1n) is 8.45. The third kappa shape index (κ3) is 2.26. The van der Waals surface area contributed by atoms with Gasteiger partial charge in [0.2, 0.25) is 0 Å². The second-order valence-electron chi connectivity index (χ2n) is 7.14. The van der Waals surface area contributed by atoms with E-state index in [-0.39, 0.29) is 11.6 Å². The Hall–Kier alpha value is -2.70. The molecule has 25 heavy (non-hydrogen) atoms. The van der Waals surface area contributed by atoms with Crippen LogP contribution in [-0.2, 0) is 4.79 Å². The minimum atomic E-state index is -0.724. The molecule has 4 rings (SSSR count). The van der Waals surface area contributed by atoms with Gasteiger partial charge < -0.3 is 10.0 Å². The van der Waals surface area contributed by atoms with Crippen molar-refractivity contribution in [2.24, 2.45) is 11.3 Å². The molecule has 130 valence electrons. The van der Waals surface area contributed by atoms with Crippen LogP contribution in [0.2, 0.25) is 0 Å². The third-order valence-corrected chi connectivity index (χ3v) is 5.76. The maximum absolute atomic E-state index is 11.9. The molecule has 0 amide bonds. The minimum absolute atomic E-state index is 0.0187. The Balaban J connectivity index is 1.84. The first-order chi connectivity index (χ1) is 11.9. The molecular weight excluding hydrogens is 322 g/mol. The van der Waals surface area contributed by atoms with Gasteiger partial charge >= 0.3 is 5.97 Å². The molecule has 2 aliphatic rings. The number of aryl methyl sites for hydroxylation is 1. The number of fused-ring (bicyclic) bond motifs is 2. The molecule has 7 nitrogen and oxygen atoms in total. The van der Waals surface area contributed by atoms with E-state index in [1.807, 2.05) is 19.1 Å². The highest BCUT2D eigenvalue weighted by atomic mass is 16.6. The van der Waals surface area contributed by atoms with Crippen LogP contribution in [-0.4, -0.2) is 34.1 Å². The Morgan fingerprint density at radius 3 is 2.96 bits per heavy atom. The Morgan fingerprint density at radius 1 is 1.48 bits per heavy atom. The molecule has 1 aliphatic heterocycles. The van der Waals surface area contributed by atoms with Gasteiger partial charge in [0.25, 0.3) is 5.69 Å². The summed E-state index contributed by atoms with van der Waals surface area (Å²) < 4.78 is 0. The Bertz CT molecular complexity index is 897. The van der Waals surface area contributed by atoms with Crippen LogP contribution in [0.5, 0.6) is 0 Å². The maximum atomic E-state index is 11.9. The highest BCUT2D eigenvalue weighted by Crippen LogP contribution is 2.50. The van der Waals surface area contributed by atoms with Crippen LogP contribution in [0.1, 0.15) is 25.0 Å². The van der Waals surface area contributed by atoms with Crippen LogP contribution in [0.25, 0.3) is 10.9 Å². The number of nitro benzene ring substituents is 1. The topological polar surface area (TPSA) is 96.6 Å². The number of non-ortho nitro benzene ring substituents is 1. The van der Waals surface area contributed by atoms with Crippen molar-refractivity contribution in [1.29, 1.82) is 0 Å². The Kier molecular flexibility index (Phi) is 3.42. The summed E-state index contributed by atoms with van der Waals surface area (Å²) >= 11 is 0. The first kappa shape index (κ1) is 15.8. The monoisotopic (exact) mass is 341 g/mol. The molecule has 1 N–H and O–H groups in total. The van der Waals surface area contributed by atoms with Crippen molar-refractivity contribution in [3.8, 4) is 0 Å². The Labute approximate surface area is 144 Å². The number of aliphatic carboxylic acids is 1. The Morgan fingerprint density at radius 2 is 2.28 bits per heavy atom. The van der Waals surface area contributed by atoms with Crippen LogP contribution in [0.15, 0.2) is 24.3 Å².